The topological polar surface area (TPSA) is 38.3 Å². The maximum absolute atomic E-state index is 11.3. The lowest BCUT2D eigenvalue weighted by Crippen LogP contribution is -2.24. The van der Waals surface area contributed by atoms with Crippen LogP contribution in [0, 0.1) is 0 Å². The van der Waals surface area contributed by atoms with Crippen LogP contribution in [0.1, 0.15) is 24.9 Å². The number of nitrogens with one attached hydrogen (secondary N) is 1. The Hall–Kier alpha value is -1.35. The molecule has 1 N–H and O–H groups in total. The molecule has 3 heteroatoms. The maximum atomic E-state index is 11.3. The normalized spacial score (nSPS) is 25.3. The second-order valence-corrected chi connectivity index (χ2v) is 3.65. The summed E-state index contributed by atoms with van der Waals surface area (Å²) >= 11 is 0. The third-order valence-electron chi connectivity index (χ3n) is 2.61. The molecule has 3 nitrogen and oxygen atoms in total. The van der Waals surface area contributed by atoms with Crippen LogP contribution in [0.3, 0.4) is 0 Å². The van der Waals surface area contributed by atoms with Gasteiger partial charge in [0.15, 0.2) is 0 Å². The van der Waals surface area contributed by atoms with E-state index in [1.165, 1.54) is 0 Å². The van der Waals surface area contributed by atoms with Gasteiger partial charge in [-0.2, -0.15) is 0 Å². The van der Waals surface area contributed by atoms with Gasteiger partial charge < -0.3 is 10.1 Å². The Labute approximate surface area is 89.4 Å². The number of hydrogen-bond acceptors (Lipinski definition) is 2. The number of ether oxygens (including phenoxy) is 1. The molecular formula is C12H15NO2. The van der Waals surface area contributed by atoms with E-state index < -0.39 is 0 Å². The van der Waals surface area contributed by atoms with Crippen molar-refractivity contribution in [2.45, 2.75) is 25.5 Å². The first-order valence-corrected chi connectivity index (χ1v) is 5.27. The number of benzene rings is 1. The zero-order chi connectivity index (χ0) is 10.7. The summed E-state index contributed by atoms with van der Waals surface area (Å²) in [5.41, 5.74) is 1.11. The summed E-state index contributed by atoms with van der Waals surface area (Å²) in [5.74, 6) is 0.0716. The van der Waals surface area contributed by atoms with Crippen LogP contribution >= 0.6 is 0 Å². The summed E-state index contributed by atoms with van der Waals surface area (Å²) < 4.78 is 5.56. The third-order valence-corrected chi connectivity index (χ3v) is 2.61. The smallest absolute Gasteiger partial charge is 0.223 e. The highest BCUT2D eigenvalue weighted by atomic mass is 16.5. The molecule has 1 heterocycles. The van der Waals surface area contributed by atoms with E-state index in [4.69, 9.17) is 4.74 Å². The Morgan fingerprint density at radius 1 is 1.40 bits per heavy atom. The highest BCUT2D eigenvalue weighted by Crippen LogP contribution is 2.26. The van der Waals surface area contributed by atoms with E-state index in [1.807, 2.05) is 37.3 Å². The Kier molecular flexibility index (Phi) is 3.02. The fraction of sp³-hybridized carbons (Fsp3) is 0.417. The lowest BCUT2D eigenvalue weighted by molar-refractivity contribution is -0.119. The summed E-state index contributed by atoms with van der Waals surface area (Å²) in [6.45, 7) is 2.59. The van der Waals surface area contributed by atoms with E-state index in [1.54, 1.807) is 0 Å². The molecule has 0 bridgehead atoms. The van der Waals surface area contributed by atoms with Crippen molar-refractivity contribution >= 4 is 5.91 Å². The standard InChI is InChI=1S/C12H15NO2/c1-2-15-10-8-11(14)13-12(10)9-6-4-3-5-7-9/h3-7,10,12H,2,8H2,1H3,(H,13,14)/t10-,12-/m1/s1. The van der Waals surface area contributed by atoms with Crippen LogP contribution < -0.4 is 5.32 Å². The van der Waals surface area contributed by atoms with Crippen LogP contribution in [-0.4, -0.2) is 18.6 Å². The molecule has 0 aliphatic carbocycles. The van der Waals surface area contributed by atoms with Gasteiger partial charge in [-0.05, 0) is 12.5 Å². The summed E-state index contributed by atoms with van der Waals surface area (Å²) in [7, 11) is 0. The molecule has 2 rings (SSSR count). The first-order valence-electron chi connectivity index (χ1n) is 5.27. The second kappa shape index (κ2) is 4.45. The van der Waals surface area contributed by atoms with E-state index in [0.29, 0.717) is 13.0 Å². The van der Waals surface area contributed by atoms with Gasteiger partial charge in [-0.15, -0.1) is 0 Å². The molecule has 0 unspecified atom stereocenters. The van der Waals surface area contributed by atoms with Crippen molar-refractivity contribution in [3.8, 4) is 0 Å². The van der Waals surface area contributed by atoms with Crippen molar-refractivity contribution in [1.82, 2.24) is 5.32 Å². The van der Waals surface area contributed by atoms with Gasteiger partial charge in [0.1, 0.15) is 0 Å². The Morgan fingerprint density at radius 3 is 2.80 bits per heavy atom. The van der Waals surface area contributed by atoms with Crippen LogP contribution in [0.25, 0.3) is 0 Å². The molecule has 80 valence electrons. The van der Waals surface area contributed by atoms with Crippen LogP contribution in [0.4, 0.5) is 0 Å². The molecule has 1 aliphatic heterocycles. The molecule has 0 aromatic heterocycles. The van der Waals surface area contributed by atoms with Gasteiger partial charge in [0.25, 0.3) is 0 Å². The van der Waals surface area contributed by atoms with Crippen LogP contribution in [0.2, 0.25) is 0 Å². The highest BCUT2D eigenvalue weighted by Gasteiger charge is 2.33. The van der Waals surface area contributed by atoms with Gasteiger partial charge in [0, 0.05) is 6.61 Å². The van der Waals surface area contributed by atoms with Crippen LogP contribution in [0.15, 0.2) is 30.3 Å². The molecule has 1 fully saturated rings. The second-order valence-electron chi connectivity index (χ2n) is 3.65. The van der Waals surface area contributed by atoms with E-state index in [2.05, 4.69) is 5.32 Å². The average Bonchev–Trinajstić information content (AvgIpc) is 2.62. The van der Waals surface area contributed by atoms with Gasteiger partial charge in [-0.1, -0.05) is 30.3 Å². The molecule has 0 spiro atoms. The molecule has 1 aromatic rings. The number of rotatable bonds is 3. The van der Waals surface area contributed by atoms with Crippen molar-refractivity contribution in [2.24, 2.45) is 0 Å². The van der Waals surface area contributed by atoms with Crippen molar-refractivity contribution in [3.05, 3.63) is 35.9 Å². The summed E-state index contributed by atoms with van der Waals surface area (Å²) in [5, 5.41) is 2.94. The number of hydrogen-bond donors (Lipinski definition) is 1. The molecule has 0 radical (unpaired) electrons. The molecule has 1 saturated heterocycles. The Bertz CT molecular complexity index is 337. The largest absolute Gasteiger partial charge is 0.375 e. The summed E-state index contributed by atoms with van der Waals surface area (Å²) in [4.78, 5) is 11.3. The maximum Gasteiger partial charge on any atom is 0.223 e. The Morgan fingerprint density at radius 2 is 2.13 bits per heavy atom. The zero-order valence-corrected chi connectivity index (χ0v) is 8.77. The molecular weight excluding hydrogens is 190 g/mol. The summed E-state index contributed by atoms with van der Waals surface area (Å²) in [6.07, 6.45) is 0.442. The molecule has 1 aliphatic rings. The van der Waals surface area contributed by atoms with Crippen LogP contribution in [0.5, 0.6) is 0 Å². The fourth-order valence-corrected chi connectivity index (χ4v) is 1.95. The van der Waals surface area contributed by atoms with Gasteiger partial charge in [0.2, 0.25) is 5.91 Å². The van der Waals surface area contributed by atoms with Gasteiger partial charge in [0.05, 0.1) is 18.6 Å². The lowest BCUT2D eigenvalue weighted by atomic mass is 10.0. The minimum atomic E-state index is -0.0232. The number of carbonyl (C=O) groups is 1. The molecule has 2 atom stereocenters. The van der Waals surface area contributed by atoms with Crippen molar-refractivity contribution in [3.63, 3.8) is 0 Å². The van der Waals surface area contributed by atoms with Crippen molar-refractivity contribution < 1.29 is 9.53 Å². The molecule has 1 aromatic carbocycles. The molecule has 1 amide bonds. The van der Waals surface area contributed by atoms with Gasteiger partial charge in [-0.3, -0.25) is 4.79 Å². The first-order chi connectivity index (χ1) is 7.31. The van der Waals surface area contributed by atoms with E-state index >= 15 is 0 Å². The van der Waals surface area contributed by atoms with Crippen molar-refractivity contribution in [2.75, 3.05) is 6.61 Å². The monoisotopic (exact) mass is 205 g/mol. The minimum absolute atomic E-state index is 0.0126. The van der Waals surface area contributed by atoms with Gasteiger partial charge in [-0.25, -0.2) is 0 Å². The third kappa shape index (κ3) is 2.18. The fourth-order valence-electron chi connectivity index (χ4n) is 1.95. The van der Waals surface area contributed by atoms with E-state index in [-0.39, 0.29) is 18.1 Å². The molecule has 0 saturated carbocycles. The lowest BCUT2D eigenvalue weighted by Gasteiger charge is -2.18. The molecule has 15 heavy (non-hydrogen) atoms. The first kappa shape index (κ1) is 10.2. The zero-order valence-electron chi connectivity index (χ0n) is 8.77. The SMILES string of the molecule is CCO[C@@H]1CC(=O)N[C@@H]1c1ccccc1. The van der Waals surface area contributed by atoms with Gasteiger partial charge >= 0.3 is 0 Å². The predicted octanol–water partition coefficient (Wildman–Crippen LogP) is 1.65. The number of carbonyl (C=O) groups excluding carboxylic acids is 1. The van der Waals surface area contributed by atoms with Crippen molar-refractivity contribution in [1.29, 1.82) is 0 Å². The highest BCUT2D eigenvalue weighted by molar-refractivity contribution is 5.79. The van der Waals surface area contributed by atoms with Crippen LogP contribution in [-0.2, 0) is 9.53 Å². The number of amides is 1. The average molecular weight is 205 g/mol. The minimum Gasteiger partial charge on any atom is -0.375 e. The predicted molar refractivity (Wildman–Crippen MR) is 57.4 cm³/mol. The van der Waals surface area contributed by atoms with E-state index in [0.717, 1.165) is 5.56 Å². The quantitative estimate of drug-likeness (QED) is 0.814. The summed E-state index contributed by atoms with van der Waals surface area (Å²) in [6, 6.07) is 9.96. The Balaban J connectivity index is 2.17. The van der Waals surface area contributed by atoms with E-state index in [9.17, 15) is 4.79 Å².